The molecule has 3 rings (SSSR count). The van der Waals surface area contributed by atoms with Crippen molar-refractivity contribution in [2.75, 3.05) is 6.54 Å². The van der Waals surface area contributed by atoms with Crippen molar-refractivity contribution < 1.29 is 12.8 Å². The van der Waals surface area contributed by atoms with Crippen LogP contribution in [0, 0.1) is 6.92 Å². The normalized spacial score (nSPS) is 11.9. The zero-order chi connectivity index (χ0) is 15.6. The second-order valence-electron chi connectivity index (χ2n) is 5.00. The largest absolute Gasteiger partial charge is 0.441 e. The maximum absolute atomic E-state index is 12.1. The fourth-order valence-corrected chi connectivity index (χ4v) is 3.31. The number of aryl methyl sites for hydroxylation is 1. The van der Waals surface area contributed by atoms with E-state index in [2.05, 4.69) is 9.71 Å². The third-order valence-corrected chi connectivity index (χ3v) is 4.80. The van der Waals surface area contributed by atoms with Crippen molar-refractivity contribution >= 4 is 21.1 Å². The highest BCUT2D eigenvalue weighted by Gasteiger charge is 2.12. The molecule has 1 heterocycles. The van der Waals surface area contributed by atoms with Crippen LogP contribution >= 0.6 is 0 Å². The number of nitrogens with zero attached hydrogens (tertiary/aromatic N) is 1. The van der Waals surface area contributed by atoms with E-state index in [1.807, 2.05) is 18.2 Å². The Kier molecular flexibility index (Phi) is 3.96. The molecule has 0 bridgehead atoms. The Labute approximate surface area is 129 Å². The van der Waals surface area contributed by atoms with Crippen LogP contribution in [0.15, 0.2) is 57.8 Å². The Morgan fingerprint density at radius 2 is 1.91 bits per heavy atom. The zero-order valence-electron chi connectivity index (χ0n) is 12.1. The molecular weight excluding hydrogens is 300 g/mol. The minimum atomic E-state index is -3.45. The average Bonchev–Trinajstić information content (AvgIpc) is 2.87. The number of sulfonamides is 1. The molecule has 0 saturated heterocycles. The molecule has 0 saturated carbocycles. The third-order valence-electron chi connectivity index (χ3n) is 3.32. The van der Waals surface area contributed by atoms with Gasteiger partial charge in [-0.3, -0.25) is 0 Å². The summed E-state index contributed by atoms with van der Waals surface area (Å²) in [5.74, 6) is 0.622. The Morgan fingerprint density at radius 3 is 2.68 bits per heavy atom. The molecular formula is C16H16N2O3S. The minimum Gasteiger partial charge on any atom is -0.441 e. The summed E-state index contributed by atoms with van der Waals surface area (Å²) in [6.45, 7) is 2.13. The van der Waals surface area contributed by atoms with E-state index in [0.717, 1.165) is 16.7 Å². The molecule has 0 fully saturated rings. The minimum absolute atomic E-state index is 0.274. The summed E-state index contributed by atoms with van der Waals surface area (Å²) in [5, 5.41) is 0. The molecule has 0 amide bonds. The van der Waals surface area contributed by atoms with Crippen LogP contribution in [-0.2, 0) is 16.4 Å². The van der Waals surface area contributed by atoms with E-state index in [1.54, 1.807) is 37.3 Å². The lowest BCUT2D eigenvalue weighted by Gasteiger charge is -2.06. The van der Waals surface area contributed by atoms with Crippen molar-refractivity contribution in [3.05, 3.63) is 60.0 Å². The summed E-state index contributed by atoms with van der Waals surface area (Å²) in [5.41, 5.74) is 2.53. The first kappa shape index (κ1) is 14.7. The second kappa shape index (κ2) is 5.90. The van der Waals surface area contributed by atoms with Gasteiger partial charge in [-0.25, -0.2) is 18.1 Å². The summed E-state index contributed by atoms with van der Waals surface area (Å²) in [7, 11) is -3.45. The molecule has 0 spiro atoms. The van der Waals surface area contributed by atoms with Gasteiger partial charge in [0.1, 0.15) is 5.52 Å². The van der Waals surface area contributed by atoms with Gasteiger partial charge >= 0.3 is 0 Å². The van der Waals surface area contributed by atoms with Crippen molar-refractivity contribution in [3.8, 4) is 0 Å². The molecule has 2 aromatic carbocycles. The van der Waals surface area contributed by atoms with Gasteiger partial charge in [-0.05, 0) is 36.2 Å². The van der Waals surface area contributed by atoms with Crippen LogP contribution in [0.1, 0.15) is 11.5 Å². The topological polar surface area (TPSA) is 72.2 Å². The summed E-state index contributed by atoms with van der Waals surface area (Å²) < 4.78 is 32.3. The Morgan fingerprint density at radius 1 is 1.14 bits per heavy atom. The quantitative estimate of drug-likeness (QED) is 0.785. The summed E-state index contributed by atoms with van der Waals surface area (Å²) in [6, 6.07) is 14.1. The van der Waals surface area contributed by atoms with Gasteiger partial charge in [0.2, 0.25) is 10.0 Å². The molecule has 0 aliphatic carbocycles. The smallest absolute Gasteiger partial charge is 0.240 e. The van der Waals surface area contributed by atoms with Crippen LogP contribution in [-0.4, -0.2) is 19.9 Å². The molecule has 22 heavy (non-hydrogen) atoms. The number of fused-ring (bicyclic) bond motifs is 1. The van der Waals surface area contributed by atoms with Crippen LogP contribution in [0.5, 0.6) is 0 Å². The van der Waals surface area contributed by atoms with Crippen LogP contribution in [0.2, 0.25) is 0 Å². The maximum atomic E-state index is 12.1. The van der Waals surface area contributed by atoms with E-state index in [9.17, 15) is 8.42 Å². The highest BCUT2D eigenvalue weighted by molar-refractivity contribution is 7.89. The molecule has 0 unspecified atom stereocenters. The Hall–Kier alpha value is -2.18. The highest BCUT2D eigenvalue weighted by atomic mass is 32.2. The number of rotatable bonds is 5. The zero-order valence-corrected chi connectivity index (χ0v) is 12.9. The van der Waals surface area contributed by atoms with Crippen LogP contribution in [0.25, 0.3) is 11.1 Å². The highest BCUT2D eigenvalue weighted by Crippen LogP contribution is 2.17. The average molecular weight is 316 g/mol. The van der Waals surface area contributed by atoms with E-state index in [4.69, 9.17) is 4.42 Å². The fraction of sp³-hybridized carbons (Fsp3) is 0.188. The number of hydrogen-bond acceptors (Lipinski definition) is 4. The van der Waals surface area contributed by atoms with Crippen LogP contribution in [0.4, 0.5) is 0 Å². The number of aromatic nitrogens is 1. The first-order valence-corrected chi connectivity index (χ1v) is 8.44. The van der Waals surface area contributed by atoms with Crippen molar-refractivity contribution in [1.29, 1.82) is 0 Å². The van der Waals surface area contributed by atoms with E-state index in [-0.39, 0.29) is 4.90 Å². The van der Waals surface area contributed by atoms with Crippen molar-refractivity contribution in [2.45, 2.75) is 18.2 Å². The first-order valence-electron chi connectivity index (χ1n) is 6.95. The van der Waals surface area contributed by atoms with Gasteiger partial charge in [0.25, 0.3) is 0 Å². The van der Waals surface area contributed by atoms with E-state index >= 15 is 0 Å². The molecule has 0 radical (unpaired) electrons. The molecule has 0 aliphatic rings. The van der Waals surface area contributed by atoms with E-state index in [0.29, 0.717) is 18.9 Å². The third kappa shape index (κ3) is 3.18. The fourth-order valence-electron chi connectivity index (χ4n) is 2.25. The summed E-state index contributed by atoms with van der Waals surface area (Å²) >= 11 is 0. The number of nitrogens with one attached hydrogen (secondary N) is 1. The monoisotopic (exact) mass is 316 g/mol. The molecule has 0 atom stereocenters. The molecule has 0 aliphatic heterocycles. The lowest BCUT2D eigenvalue weighted by molar-refractivity contribution is 0.560. The summed E-state index contributed by atoms with van der Waals surface area (Å²) in [6.07, 6.45) is 0.585. The van der Waals surface area contributed by atoms with Crippen molar-refractivity contribution in [2.24, 2.45) is 0 Å². The van der Waals surface area contributed by atoms with Crippen LogP contribution in [0.3, 0.4) is 0 Å². The van der Waals surface area contributed by atoms with E-state index < -0.39 is 10.0 Å². The van der Waals surface area contributed by atoms with E-state index in [1.165, 1.54) is 0 Å². The number of benzene rings is 2. The second-order valence-corrected chi connectivity index (χ2v) is 6.76. The molecule has 5 nitrogen and oxygen atoms in total. The van der Waals surface area contributed by atoms with Gasteiger partial charge in [0.05, 0.1) is 4.90 Å². The SMILES string of the molecule is Cc1nc2ccc(CCNS(=O)(=O)c3ccccc3)cc2o1. The lowest BCUT2D eigenvalue weighted by Crippen LogP contribution is -2.25. The predicted octanol–water partition coefficient (Wildman–Crippen LogP) is 2.66. The van der Waals surface area contributed by atoms with Crippen molar-refractivity contribution in [3.63, 3.8) is 0 Å². The van der Waals surface area contributed by atoms with Crippen molar-refractivity contribution in [1.82, 2.24) is 9.71 Å². The van der Waals surface area contributed by atoms with Gasteiger partial charge in [-0.2, -0.15) is 0 Å². The van der Waals surface area contributed by atoms with Gasteiger partial charge in [0.15, 0.2) is 11.5 Å². The van der Waals surface area contributed by atoms with Gasteiger partial charge in [-0.1, -0.05) is 24.3 Å². The maximum Gasteiger partial charge on any atom is 0.240 e. The van der Waals surface area contributed by atoms with Crippen LogP contribution < -0.4 is 4.72 Å². The van der Waals surface area contributed by atoms with Gasteiger partial charge in [0, 0.05) is 13.5 Å². The molecule has 6 heteroatoms. The molecule has 1 N–H and O–H groups in total. The predicted molar refractivity (Wildman–Crippen MR) is 84.1 cm³/mol. The summed E-state index contributed by atoms with van der Waals surface area (Å²) in [4.78, 5) is 4.51. The molecule has 3 aromatic rings. The molecule has 114 valence electrons. The first-order chi connectivity index (χ1) is 10.5. The van der Waals surface area contributed by atoms with Gasteiger partial charge in [-0.15, -0.1) is 0 Å². The molecule has 1 aromatic heterocycles. The Bertz CT molecular complexity index is 886. The van der Waals surface area contributed by atoms with Gasteiger partial charge < -0.3 is 4.42 Å². The Balaban J connectivity index is 1.67. The number of oxazole rings is 1. The standard InChI is InChI=1S/C16H16N2O3S/c1-12-18-15-8-7-13(11-16(15)21-12)9-10-17-22(19,20)14-5-3-2-4-6-14/h2-8,11,17H,9-10H2,1H3. The lowest BCUT2D eigenvalue weighted by atomic mass is 10.1. The number of hydrogen-bond donors (Lipinski definition) is 1.